The zero-order chi connectivity index (χ0) is 19.6. The minimum atomic E-state index is -3.46. The van der Waals surface area contributed by atoms with Gasteiger partial charge in [0.2, 0.25) is 0 Å². The Balaban J connectivity index is 0.00000240. The second-order valence-electron chi connectivity index (χ2n) is 6.90. The first-order chi connectivity index (χ1) is 13.5. The van der Waals surface area contributed by atoms with Crippen molar-refractivity contribution in [2.45, 2.75) is 30.0 Å². The molecule has 29 heavy (non-hydrogen) atoms. The van der Waals surface area contributed by atoms with Crippen LogP contribution in [-0.4, -0.2) is 45.0 Å². The number of benzene rings is 1. The molecule has 0 atom stereocenters. The van der Waals surface area contributed by atoms with Crippen LogP contribution in [-0.2, 0) is 34.1 Å². The van der Waals surface area contributed by atoms with E-state index in [2.05, 4.69) is 22.4 Å². The molecule has 0 spiro atoms. The minimum Gasteiger partial charge on any atom is -0.379 e. The molecule has 1 aromatic heterocycles. The fourth-order valence-corrected chi connectivity index (χ4v) is 6.34. The third-order valence-electron chi connectivity index (χ3n) is 4.98. The van der Waals surface area contributed by atoms with Crippen LogP contribution in [0.1, 0.15) is 22.4 Å². The van der Waals surface area contributed by atoms with Crippen LogP contribution in [0.3, 0.4) is 0 Å². The molecular weight excluding hydrogens is 523 g/mol. The predicted molar refractivity (Wildman–Crippen MR) is 127 cm³/mol. The van der Waals surface area contributed by atoms with Crippen molar-refractivity contribution in [2.24, 2.45) is 10.7 Å². The molecule has 0 saturated carbocycles. The monoisotopic (exact) mass is 548 g/mol. The van der Waals surface area contributed by atoms with Crippen LogP contribution < -0.4 is 11.1 Å². The third kappa shape index (κ3) is 5.29. The number of anilines is 1. The van der Waals surface area contributed by atoms with Crippen LogP contribution in [0.2, 0.25) is 0 Å². The van der Waals surface area contributed by atoms with Crippen molar-refractivity contribution in [3.63, 3.8) is 0 Å². The Hall–Kier alpha value is -1.21. The number of nitrogens with one attached hydrogen (secondary N) is 1. The lowest BCUT2D eigenvalue weighted by Gasteiger charge is -2.25. The number of nitrogens with zero attached hydrogens (tertiary/aromatic N) is 2. The highest BCUT2D eigenvalue weighted by atomic mass is 127. The van der Waals surface area contributed by atoms with Crippen molar-refractivity contribution in [3.05, 3.63) is 46.3 Å². The fourth-order valence-electron chi connectivity index (χ4n) is 3.50. The Morgan fingerprint density at radius 2 is 1.93 bits per heavy atom. The molecule has 1 fully saturated rings. The largest absolute Gasteiger partial charge is 0.379 e. The van der Waals surface area contributed by atoms with E-state index < -0.39 is 10.0 Å². The Morgan fingerprint density at radius 1 is 1.17 bits per heavy atom. The topological polar surface area (TPSA) is 97.0 Å². The summed E-state index contributed by atoms with van der Waals surface area (Å²) in [5.41, 5.74) is 9.73. The van der Waals surface area contributed by atoms with Crippen LogP contribution >= 0.6 is 35.3 Å². The van der Waals surface area contributed by atoms with Gasteiger partial charge in [0.25, 0.3) is 10.0 Å². The molecule has 0 amide bonds. The molecular formula is C19H25IN4O3S2. The van der Waals surface area contributed by atoms with Gasteiger partial charge in [-0.15, -0.1) is 35.3 Å². The summed E-state index contributed by atoms with van der Waals surface area (Å²) in [5.74, 6) is 0.323. The molecule has 1 saturated heterocycles. The van der Waals surface area contributed by atoms with Gasteiger partial charge in [0.1, 0.15) is 4.21 Å². The summed E-state index contributed by atoms with van der Waals surface area (Å²) in [6.45, 7) is 2.00. The lowest BCUT2D eigenvalue weighted by molar-refractivity contribution is 0.0731. The van der Waals surface area contributed by atoms with Gasteiger partial charge in [-0.2, -0.15) is 4.31 Å². The summed E-state index contributed by atoms with van der Waals surface area (Å²) >= 11 is 1.24. The van der Waals surface area contributed by atoms with Crippen molar-refractivity contribution in [1.82, 2.24) is 4.31 Å². The van der Waals surface area contributed by atoms with Crippen LogP contribution in [0, 0.1) is 0 Å². The molecule has 0 radical (unpaired) electrons. The molecule has 2 aliphatic rings. The summed E-state index contributed by atoms with van der Waals surface area (Å²) < 4.78 is 32.4. The van der Waals surface area contributed by atoms with Crippen molar-refractivity contribution >= 4 is 57.0 Å². The van der Waals surface area contributed by atoms with Gasteiger partial charge in [0.05, 0.1) is 19.8 Å². The third-order valence-corrected chi connectivity index (χ3v) is 8.41. The van der Waals surface area contributed by atoms with E-state index in [0.29, 0.717) is 43.0 Å². The molecule has 1 aliphatic heterocycles. The van der Waals surface area contributed by atoms with E-state index in [9.17, 15) is 8.42 Å². The molecule has 1 aromatic carbocycles. The van der Waals surface area contributed by atoms with Crippen molar-refractivity contribution in [1.29, 1.82) is 0 Å². The number of halogens is 1. The van der Waals surface area contributed by atoms with Gasteiger partial charge in [-0.25, -0.2) is 13.4 Å². The molecule has 0 bridgehead atoms. The summed E-state index contributed by atoms with van der Waals surface area (Å²) in [4.78, 5) is 5.21. The molecule has 158 valence electrons. The molecule has 2 aromatic rings. The van der Waals surface area contributed by atoms with E-state index in [1.807, 2.05) is 6.07 Å². The fraction of sp³-hybridized carbons (Fsp3) is 0.421. The van der Waals surface area contributed by atoms with Gasteiger partial charge < -0.3 is 15.8 Å². The highest BCUT2D eigenvalue weighted by Gasteiger charge is 2.27. The first-order valence-electron chi connectivity index (χ1n) is 9.38. The molecule has 1 aliphatic carbocycles. The van der Waals surface area contributed by atoms with E-state index in [1.165, 1.54) is 33.2 Å². The second-order valence-corrected chi connectivity index (χ2v) is 10.2. The lowest BCUT2D eigenvalue weighted by Crippen LogP contribution is -2.40. The van der Waals surface area contributed by atoms with Crippen LogP contribution in [0.5, 0.6) is 0 Å². The number of thiophene rings is 1. The van der Waals surface area contributed by atoms with E-state index in [4.69, 9.17) is 10.5 Å². The number of guanidine groups is 1. The number of aliphatic imine (C=N–C) groups is 1. The van der Waals surface area contributed by atoms with E-state index in [0.717, 1.165) is 23.4 Å². The SMILES string of the molecule is I.NC(=NCc1ccc(S(=O)(=O)N2CCOCC2)s1)Nc1ccc2c(c1)CCC2. The van der Waals surface area contributed by atoms with Gasteiger partial charge in [0.15, 0.2) is 5.96 Å². The Bertz CT molecular complexity index is 985. The van der Waals surface area contributed by atoms with Crippen LogP contribution in [0.4, 0.5) is 5.69 Å². The van der Waals surface area contributed by atoms with Gasteiger partial charge in [-0.1, -0.05) is 6.07 Å². The first-order valence-corrected chi connectivity index (χ1v) is 11.6. The van der Waals surface area contributed by atoms with Crippen molar-refractivity contribution in [3.8, 4) is 0 Å². The normalized spacial score (nSPS) is 17.6. The Kier molecular flexibility index (Phi) is 7.54. The molecule has 3 N–H and O–H groups in total. The maximum Gasteiger partial charge on any atom is 0.252 e. The van der Waals surface area contributed by atoms with Gasteiger partial charge in [-0.05, 0) is 54.7 Å². The quantitative estimate of drug-likeness (QED) is 0.341. The van der Waals surface area contributed by atoms with Crippen molar-refractivity contribution < 1.29 is 13.2 Å². The summed E-state index contributed by atoms with van der Waals surface area (Å²) in [5, 5.41) is 3.12. The zero-order valence-corrected chi connectivity index (χ0v) is 19.9. The van der Waals surface area contributed by atoms with Crippen LogP contribution in [0.25, 0.3) is 0 Å². The average molecular weight is 548 g/mol. The zero-order valence-electron chi connectivity index (χ0n) is 16.0. The number of hydrogen-bond acceptors (Lipinski definition) is 5. The molecule has 4 rings (SSSR count). The average Bonchev–Trinajstić information content (AvgIpc) is 3.36. The van der Waals surface area contributed by atoms with Gasteiger partial charge in [-0.3, -0.25) is 0 Å². The van der Waals surface area contributed by atoms with E-state index in [1.54, 1.807) is 12.1 Å². The summed E-state index contributed by atoms with van der Waals surface area (Å²) in [6, 6.07) is 9.72. The van der Waals surface area contributed by atoms with Crippen LogP contribution in [0.15, 0.2) is 39.5 Å². The maximum absolute atomic E-state index is 12.7. The maximum atomic E-state index is 12.7. The number of fused-ring (bicyclic) bond motifs is 1. The smallest absolute Gasteiger partial charge is 0.252 e. The van der Waals surface area contributed by atoms with Gasteiger partial charge in [0, 0.05) is 23.7 Å². The highest BCUT2D eigenvalue weighted by Crippen LogP contribution is 2.27. The number of ether oxygens (including phenoxy) is 1. The number of morpholine rings is 1. The van der Waals surface area contributed by atoms with E-state index >= 15 is 0 Å². The number of rotatable bonds is 5. The molecule has 10 heteroatoms. The number of sulfonamides is 1. The first kappa shape index (κ1) is 22.5. The predicted octanol–water partition coefficient (Wildman–Crippen LogP) is 2.80. The number of nitrogens with two attached hydrogens (primary N) is 1. The van der Waals surface area contributed by atoms with Crippen molar-refractivity contribution in [2.75, 3.05) is 31.6 Å². The molecule has 0 unspecified atom stereocenters. The lowest BCUT2D eigenvalue weighted by atomic mass is 10.1. The number of aryl methyl sites for hydroxylation is 2. The van der Waals surface area contributed by atoms with E-state index in [-0.39, 0.29) is 24.0 Å². The standard InChI is InChI=1S/C19H24N4O3S2.HI/c20-19(22-16-5-4-14-2-1-3-15(14)12-16)21-13-17-6-7-18(27-17)28(24,25)23-8-10-26-11-9-23;/h4-7,12H,1-3,8-11,13H2,(H3,20,21,22);1H. The second kappa shape index (κ2) is 9.73. The number of hydrogen-bond donors (Lipinski definition) is 2. The van der Waals surface area contributed by atoms with Gasteiger partial charge >= 0.3 is 0 Å². The Morgan fingerprint density at radius 3 is 2.72 bits per heavy atom. The minimum absolute atomic E-state index is 0. The Labute approximate surface area is 192 Å². The summed E-state index contributed by atoms with van der Waals surface area (Å²) in [7, 11) is -3.46. The highest BCUT2D eigenvalue weighted by molar-refractivity contribution is 14.0. The molecule has 7 nitrogen and oxygen atoms in total. The summed E-state index contributed by atoms with van der Waals surface area (Å²) in [6.07, 6.45) is 3.46. The molecule has 2 heterocycles.